The minimum Gasteiger partial charge on any atom is -0.345 e. The van der Waals surface area contributed by atoms with Gasteiger partial charge >= 0.3 is 0 Å². The Morgan fingerprint density at radius 1 is 1.26 bits per heavy atom. The fourth-order valence-electron chi connectivity index (χ4n) is 1.60. The Balaban J connectivity index is 2.67. The van der Waals surface area contributed by atoms with E-state index in [9.17, 15) is 9.59 Å². The van der Waals surface area contributed by atoms with Gasteiger partial charge in [0.05, 0.1) is 0 Å². The summed E-state index contributed by atoms with van der Waals surface area (Å²) in [7, 11) is 3.40. The molecule has 0 heterocycles. The van der Waals surface area contributed by atoms with Crippen molar-refractivity contribution in [2.45, 2.75) is 13.3 Å². The second kappa shape index (κ2) is 6.89. The molecule has 1 rings (SSSR count). The molecule has 0 fully saturated rings. The number of nitrogens with one attached hydrogen (secondary N) is 1. The number of nitrogens with two attached hydrogens (primary N) is 1. The van der Waals surface area contributed by atoms with Crippen molar-refractivity contribution in [2.24, 2.45) is 11.7 Å². The minimum atomic E-state index is -0.118. The van der Waals surface area contributed by atoms with Crippen LogP contribution in [0.4, 0.5) is 5.69 Å². The molecule has 0 aliphatic rings. The first-order chi connectivity index (χ1) is 8.95. The van der Waals surface area contributed by atoms with Crippen LogP contribution in [0.5, 0.6) is 0 Å². The zero-order valence-corrected chi connectivity index (χ0v) is 11.6. The van der Waals surface area contributed by atoms with Crippen LogP contribution in [-0.2, 0) is 4.79 Å². The number of hydrogen-bond donors (Lipinski definition) is 2. The highest BCUT2D eigenvalue weighted by atomic mass is 16.2. The first kappa shape index (κ1) is 15.2. The maximum absolute atomic E-state index is 11.8. The first-order valence-corrected chi connectivity index (χ1v) is 6.28. The van der Waals surface area contributed by atoms with Crippen molar-refractivity contribution < 1.29 is 9.59 Å². The average Bonchev–Trinajstić information content (AvgIpc) is 2.38. The number of nitrogens with zero attached hydrogens (tertiary/aromatic N) is 1. The number of carbonyl (C=O) groups is 2. The second-order valence-corrected chi connectivity index (χ2v) is 4.74. The van der Waals surface area contributed by atoms with Crippen molar-refractivity contribution in [3.63, 3.8) is 0 Å². The predicted octanol–water partition coefficient (Wildman–Crippen LogP) is 1.31. The number of hydrogen-bond acceptors (Lipinski definition) is 3. The molecule has 5 nitrogen and oxygen atoms in total. The summed E-state index contributed by atoms with van der Waals surface area (Å²) in [6, 6.07) is 6.85. The molecule has 0 aliphatic heterocycles. The van der Waals surface area contributed by atoms with Crippen LogP contribution in [0.3, 0.4) is 0 Å². The molecule has 3 N–H and O–H groups in total. The van der Waals surface area contributed by atoms with E-state index in [0.717, 1.165) is 0 Å². The van der Waals surface area contributed by atoms with Gasteiger partial charge in [-0.25, -0.2) is 0 Å². The van der Waals surface area contributed by atoms with E-state index in [1.165, 1.54) is 4.90 Å². The highest BCUT2D eigenvalue weighted by molar-refractivity contribution is 5.96. The van der Waals surface area contributed by atoms with Crippen molar-refractivity contribution in [1.29, 1.82) is 0 Å². The molecule has 2 amide bonds. The van der Waals surface area contributed by atoms with E-state index in [2.05, 4.69) is 5.32 Å². The quantitative estimate of drug-likeness (QED) is 0.841. The Hall–Kier alpha value is -1.88. The van der Waals surface area contributed by atoms with Crippen molar-refractivity contribution in [2.75, 3.05) is 26.0 Å². The van der Waals surface area contributed by atoms with E-state index in [1.807, 2.05) is 6.92 Å². The smallest absolute Gasteiger partial charge is 0.253 e. The third kappa shape index (κ3) is 4.37. The number of anilines is 1. The third-order valence-electron chi connectivity index (χ3n) is 2.85. The van der Waals surface area contributed by atoms with Crippen LogP contribution in [0.25, 0.3) is 0 Å². The van der Waals surface area contributed by atoms with E-state index < -0.39 is 0 Å². The summed E-state index contributed by atoms with van der Waals surface area (Å²) in [4.78, 5) is 25.0. The second-order valence-electron chi connectivity index (χ2n) is 4.74. The Labute approximate surface area is 113 Å². The molecular weight excluding hydrogens is 242 g/mol. The van der Waals surface area contributed by atoms with Gasteiger partial charge in [0.2, 0.25) is 5.91 Å². The summed E-state index contributed by atoms with van der Waals surface area (Å²) in [6.07, 6.45) is 0.656. The number of amides is 2. The summed E-state index contributed by atoms with van der Waals surface area (Å²) in [5.74, 6) is -0.236. The van der Waals surface area contributed by atoms with Crippen LogP contribution in [-0.4, -0.2) is 37.4 Å². The Morgan fingerprint density at radius 3 is 2.32 bits per heavy atom. The molecular formula is C14H21N3O2. The van der Waals surface area contributed by atoms with E-state index in [4.69, 9.17) is 5.73 Å². The van der Waals surface area contributed by atoms with E-state index in [-0.39, 0.29) is 17.7 Å². The van der Waals surface area contributed by atoms with Crippen molar-refractivity contribution in [3.8, 4) is 0 Å². The monoisotopic (exact) mass is 263 g/mol. The molecule has 1 aromatic carbocycles. The normalized spacial score (nSPS) is 11.8. The molecule has 1 unspecified atom stereocenters. The lowest BCUT2D eigenvalue weighted by Gasteiger charge is -2.13. The zero-order valence-electron chi connectivity index (χ0n) is 11.6. The maximum atomic E-state index is 11.8. The van der Waals surface area contributed by atoms with Crippen LogP contribution >= 0.6 is 0 Å². The van der Waals surface area contributed by atoms with Gasteiger partial charge in [0.25, 0.3) is 5.91 Å². The fourth-order valence-corrected chi connectivity index (χ4v) is 1.60. The van der Waals surface area contributed by atoms with Crippen LogP contribution < -0.4 is 11.1 Å². The summed E-state index contributed by atoms with van der Waals surface area (Å²) in [5.41, 5.74) is 6.70. The fraction of sp³-hybridized carbons (Fsp3) is 0.429. The molecule has 0 radical (unpaired) electrons. The van der Waals surface area contributed by atoms with Crippen LogP contribution in [0, 0.1) is 5.92 Å². The van der Waals surface area contributed by atoms with Crippen LogP contribution in [0.2, 0.25) is 0 Å². The SMILES string of the molecule is CC(CCN)C(=O)Nc1ccc(C(=O)N(C)C)cc1. The summed E-state index contributed by atoms with van der Waals surface area (Å²) < 4.78 is 0. The van der Waals surface area contributed by atoms with E-state index in [1.54, 1.807) is 38.4 Å². The molecule has 0 aliphatic carbocycles. The largest absolute Gasteiger partial charge is 0.345 e. The lowest BCUT2D eigenvalue weighted by atomic mass is 10.1. The molecule has 0 spiro atoms. The molecule has 104 valence electrons. The molecule has 0 bridgehead atoms. The Morgan fingerprint density at radius 2 is 1.84 bits per heavy atom. The van der Waals surface area contributed by atoms with Crippen molar-refractivity contribution in [3.05, 3.63) is 29.8 Å². The summed E-state index contributed by atoms with van der Waals surface area (Å²) >= 11 is 0. The molecule has 5 heteroatoms. The molecule has 0 saturated carbocycles. The van der Waals surface area contributed by atoms with Crippen LogP contribution in [0.15, 0.2) is 24.3 Å². The summed E-state index contributed by atoms with van der Waals surface area (Å²) in [5, 5.41) is 2.80. The Kier molecular flexibility index (Phi) is 5.51. The lowest BCUT2D eigenvalue weighted by molar-refractivity contribution is -0.119. The topological polar surface area (TPSA) is 75.4 Å². The van der Waals surface area contributed by atoms with Gasteiger partial charge in [-0.05, 0) is 37.2 Å². The Bertz CT molecular complexity index is 441. The average molecular weight is 263 g/mol. The van der Waals surface area contributed by atoms with E-state index >= 15 is 0 Å². The standard InChI is InChI=1S/C14H21N3O2/c1-10(8-9-15)13(18)16-12-6-4-11(5-7-12)14(19)17(2)3/h4-7,10H,8-9,15H2,1-3H3,(H,16,18). The van der Waals surface area contributed by atoms with Gasteiger partial charge in [0.15, 0.2) is 0 Å². The van der Waals surface area contributed by atoms with Gasteiger partial charge in [-0.1, -0.05) is 6.92 Å². The van der Waals surface area contributed by atoms with Gasteiger partial charge in [-0.2, -0.15) is 0 Å². The molecule has 1 atom stereocenters. The molecule has 0 aromatic heterocycles. The highest BCUT2D eigenvalue weighted by Gasteiger charge is 2.12. The van der Waals surface area contributed by atoms with Gasteiger partial charge in [0.1, 0.15) is 0 Å². The van der Waals surface area contributed by atoms with Crippen molar-refractivity contribution >= 4 is 17.5 Å². The third-order valence-corrected chi connectivity index (χ3v) is 2.85. The maximum Gasteiger partial charge on any atom is 0.253 e. The van der Waals surface area contributed by atoms with Crippen molar-refractivity contribution in [1.82, 2.24) is 4.90 Å². The zero-order chi connectivity index (χ0) is 14.4. The summed E-state index contributed by atoms with van der Waals surface area (Å²) in [6.45, 7) is 2.33. The number of benzene rings is 1. The van der Waals surface area contributed by atoms with Gasteiger partial charge in [0, 0.05) is 31.3 Å². The lowest BCUT2D eigenvalue weighted by Crippen LogP contribution is -2.23. The molecule has 1 aromatic rings. The first-order valence-electron chi connectivity index (χ1n) is 6.28. The minimum absolute atomic E-state index is 0.0582. The van der Waals surface area contributed by atoms with Gasteiger partial charge in [-0.15, -0.1) is 0 Å². The molecule has 0 saturated heterocycles. The van der Waals surface area contributed by atoms with Crippen LogP contribution in [0.1, 0.15) is 23.7 Å². The number of carbonyl (C=O) groups excluding carboxylic acids is 2. The van der Waals surface area contributed by atoms with Gasteiger partial charge in [-0.3, -0.25) is 9.59 Å². The molecule has 19 heavy (non-hydrogen) atoms. The predicted molar refractivity (Wildman–Crippen MR) is 75.9 cm³/mol. The highest BCUT2D eigenvalue weighted by Crippen LogP contribution is 2.12. The number of rotatable bonds is 5. The van der Waals surface area contributed by atoms with Gasteiger partial charge < -0.3 is 16.0 Å². The van der Waals surface area contributed by atoms with E-state index in [0.29, 0.717) is 24.2 Å².